The van der Waals surface area contributed by atoms with Crippen molar-refractivity contribution < 1.29 is 4.79 Å². The number of amides is 1. The average molecular weight is 430 g/mol. The summed E-state index contributed by atoms with van der Waals surface area (Å²) in [6.07, 6.45) is 3.90. The van der Waals surface area contributed by atoms with Gasteiger partial charge in [-0.3, -0.25) is 9.48 Å². The summed E-state index contributed by atoms with van der Waals surface area (Å²) >= 11 is 6.12. The van der Waals surface area contributed by atoms with Gasteiger partial charge in [0.15, 0.2) is 5.69 Å². The fourth-order valence-electron chi connectivity index (χ4n) is 4.50. The zero-order chi connectivity index (χ0) is 21.1. The zero-order valence-corrected chi connectivity index (χ0v) is 18.8. The number of nitrogens with zero attached hydrogens (tertiary/aromatic N) is 4. The van der Waals surface area contributed by atoms with Crippen LogP contribution in [0.25, 0.3) is 0 Å². The summed E-state index contributed by atoms with van der Waals surface area (Å²) in [4.78, 5) is 17.6. The van der Waals surface area contributed by atoms with Crippen LogP contribution in [0.3, 0.4) is 0 Å². The molecule has 1 atom stereocenters. The van der Waals surface area contributed by atoms with E-state index in [0.29, 0.717) is 11.7 Å². The summed E-state index contributed by atoms with van der Waals surface area (Å²) in [5.74, 6) is 0.102. The Bertz CT molecular complexity index is 888. The first-order chi connectivity index (χ1) is 14.5. The molecule has 6 nitrogen and oxygen atoms in total. The van der Waals surface area contributed by atoms with E-state index in [-0.39, 0.29) is 5.91 Å². The number of likely N-dealkylation sites (N-methyl/N-ethyl adjacent to an activating group) is 1. The van der Waals surface area contributed by atoms with Crippen molar-refractivity contribution in [2.24, 2.45) is 0 Å². The molecule has 4 rings (SSSR count). The third-order valence-electron chi connectivity index (χ3n) is 6.26. The Morgan fingerprint density at radius 1 is 1.27 bits per heavy atom. The lowest BCUT2D eigenvalue weighted by atomic mass is 9.90. The molecule has 1 aliphatic heterocycles. The molecule has 1 unspecified atom stereocenters. The van der Waals surface area contributed by atoms with Crippen LogP contribution in [0.4, 0.5) is 0 Å². The Kier molecular flexibility index (Phi) is 6.76. The van der Waals surface area contributed by atoms with Crippen molar-refractivity contribution in [1.29, 1.82) is 0 Å². The van der Waals surface area contributed by atoms with E-state index in [1.807, 2.05) is 23.1 Å². The molecule has 1 saturated heterocycles. The monoisotopic (exact) mass is 429 g/mol. The topological polar surface area (TPSA) is 53.4 Å². The Morgan fingerprint density at radius 3 is 2.80 bits per heavy atom. The number of aryl methyl sites for hydroxylation is 1. The van der Waals surface area contributed by atoms with Crippen LogP contribution in [-0.2, 0) is 25.9 Å². The number of piperazine rings is 1. The summed E-state index contributed by atoms with van der Waals surface area (Å²) in [5, 5.41) is 9.24. The normalized spacial score (nSPS) is 19.7. The average Bonchev–Trinajstić information content (AvgIpc) is 3.10. The molecule has 1 fully saturated rings. The molecule has 0 bridgehead atoms. The minimum absolute atomic E-state index is 0.102. The molecule has 0 spiro atoms. The van der Waals surface area contributed by atoms with Gasteiger partial charge in [0.05, 0.1) is 0 Å². The van der Waals surface area contributed by atoms with E-state index >= 15 is 0 Å². The standard InChI is InChI=1S/C23H32ClN5O/c1-3-9-29-21-8-7-19(25-16-17-5-4-6-18(24)14-17)15-20(21)22(26-29)23(30)28-12-10-27(2)11-13-28/h4-6,14,19,25H,3,7-13,15-16H2,1-2H3. The molecule has 1 aromatic carbocycles. The van der Waals surface area contributed by atoms with Gasteiger partial charge in [-0.2, -0.15) is 5.10 Å². The van der Waals surface area contributed by atoms with Crippen LogP contribution in [0.5, 0.6) is 0 Å². The highest BCUT2D eigenvalue weighted by molar-refractivity contribution is 6.30. The molecular weight excluding hydrogens is 398 g/mol. The summed E-state index contributed by atoms with van der Waals surface area (Å²) in [6.45, 7) is 7.22. The maximum Gasteiger partial charge on any atom is 0.274 e. The first-order valence-electron chi connectivity index (χ1n) is 11.1. The van der Waals surface area contributed by atoms with Crippen LogP contribution < -0.4 is 5.32 Å². The van der Waals surface area contributed by atoms with Gasteiger partial charge in [0, 0.05) is 61.6 Å². The van der Waals surface area contributed by atoms with Gasteiger partial charge < -0.3 is 15.1 Å². The van der Waals surface area contributed by atoms with Crippen molar-refractivity contribution in [2.45, 2.75) is 51.7 Å². The first-order valence-corrected chi connectivity index (χ1v) is 11.5. The smallest absolute Gasteiger partial charge is 0.274 e. The predicted molar refractivity (Wildman–Crippen MR) is 120 cm³/mol. The molecule has 30 heavy (non-hydrogen) atoms. The number of rotatable bonds is 6. The number of hydrogen-bond donors (Lipinski definition) is 1. The fourth-order valence-corrected chi connectivity index (χ4v) is 4.71. The lowest BCUT2D eigenvalue weighted by Gasteiger charge is -2.32. The maximum absolute atomic E-state index is 13.3. The third-order valence-corrected chi connectivity index (χ3v) is 6.49. The minimum atomic E-state index is 0.102. The van der Waals surface area contributed by atoms with Crippen LogP contribution in [0.2, 0.25) is 5.02 Å². The Morgan fingerprint density at radius 2 is 2.07 bits per heavy atom. The Labute approximate surface area is 184 Å². The van der Waals surface area contributed by atoms with Crippen molar-refractivity contribution in [2.75, 3.05) is 33.2 Å². The van der Waals surface area contributed by atoms with E-state index in [9.17, 15) is 4.79 Å². The van der Waals surface area contributed by atoms with E-state index in [1.165, 1.54) is 11.3 Å². The molecule has 1 N–H and O–H groups in total. The second-order valence-electron chi connectivity index (χ2n) is 8.54. The van der Waals surface area contributed by atoms with Gasteiger partial charge in [-0.1, -0.05) is 30.7 Å². The van der Waals surface area contributed by atoms with Crippen molar-refractivity contribution in [1.82, 2.24) is 24.9 Å². The number of carbonyl (C=O) groups excluding carboxylic acids is 1. The zero-order valence-electron chi connectivity index (χ0n) is 18.0. The van der Waals surface area contributed by atoms with Gasteiger partial charge in [-0.05, 0) is 50.4 Å². The summed E-state index contributed by atoms with van der Waals surface area (Å²) < 4.78 is 2.09. The van der Waals surface area contributed by atoms with E-state index in [0.717, 1.165) is 75.5 Å². The highest BCUT2D eigenvalue weighted by atomic mass is 35.5. The highest BCUT2D eigenvalue weighted by Gasteiger charge is 2.31. The largest absolute Gasteiger partial charge is 0.335 e. The van der Waals surface area contributed by atoms with Crippen molar-refractivity contribution in [3.8, 4) is 0 Å². The van der Waals surface area contributed by atoms with Crippen molar-refractivity contribution in [3.63, 3.8) is 0 Å². The van der Waals surface area contributed by atoms with Gasteiger partial charge in [0.1, 0.15) is 0 Å². The first kappa shape index (κ1) is 21.3. The van der Waals surface area contributed by atoms with Crippen LogP contribution >= 0.6 is 11.6 Å². The Hall–Kier alpha value is -1.89. The lowest BCUT2D eigenvalue weighted by molar-refractivity contribution is 0.0656. The molecule has 1 aromatic heterocycles. The van der Waals surface area contributed by atoms with Gasteiger partial charge in [-0.15, -0.1) is 0 Å². The number of hydrogen-bond acceptors (Lipinski definition) is 4. The van der Waals surface area contributed by atoms with Gasteiger partial charge >= 0.3 is 0 Å². The Balaban J connectivity index is 1.50. The molecule has 1 aliphatic carbocycles. The molecule has 0 radical (unpaired) electrons. The van der Waals surface area contributed by atoms with Crippen molar-refractivity contribution >= 4 is 17.5 Å². The molecular formula is C23H32ClN5O. The quantitative estimate of drug-likeness (QED) is 0.767. The van der Waals surface area contributed by atoms with E-state index in [2.05, 4.69) is 34.9 Å². The van der Waals surface area contributed by atoms with E-state index in [1.54, 1.807) is 0 Å². The second-order valence-corrected chi connectivity index (χ2v) is 8.98. The molecule has 1 amide bonds. The molecule has 162 valence electrons. The van der Waals surface area contributed by atoms with Crippen LogP contribution in [0.1, 0.15) is 47.1 Å². The van der Waals surface area contributed by atoms with E-state index in [4.69, 9.17) is 16.7 Å². The molecule has 2 aliphatic rings. The summed E-state index contributed by atoms with van der Waals surface area (Å²) in [6, 6.07) is 8.32. The highest BCUT2D eigenvalue weighted by Crippen LogP contribution is 2.27. The number of nitrogens with one attached hydrogen (secondary N) is 1. The number of aromatic nitrogens is 2. The molecule has 2 aromatic rings. The number of benzene rings is 1. The SMILES string of the molecule is CCCn1nc(C(=O)N2CCN(C)CC2)c2c1CCC(NCc1cccc(Cl)c1)C2. The number of carbonyl (C=O) groups is 1. The van der Waals surface area contributed by atoms with Gasteiger partial charge in [0.2, 0.25) is 0 Å². The van der Waals surface area contributed by atoms with Crippen molar-refractivity contribution in [3.05, 3.63) is 51.8 Å². The predicted octanol–water partition coefficient (Wildman–Crippen LogP) is 2.98. The number of fused-ring (bicyclic) bond motifs is 1. The van der Waals surface area contributed by atoms with Gasteiger partial charge in [-0.25, -0.2) is 0 Å². The summed E-state index contributed by atoms with van der Waals surface area (Å²) in [7, 11) is 2.11. The second kappa shape index (κ2) is 9.50. The van der Waals surface area contributed by atoms with Crippen LogP contribution in [-0.4, -0.2) is 64.8 Å². The molecule has 7 heteroatoms. The molecule has 0 saturated carbocycles. The van der Waals surface area contributed by atoms with Crippen LogP contribution in [0, 0.1) is 0 Å². The van der Waals surface area contributed by atoms with Crippen LogP contribution in [0.15, 0.2) is 24.3 Å². The third kappa shape index (κ3) is 4.71. The summed E-state index contributed by atoms with van der Waals surface area (Å²) in [5.41, 5.74) is 4.28. The maximum atomic E-state index is 13.3. The molecule has 2 heterocycles. The number of halogens is 1. The fraction of sp³-hybridized carbons (Fsp3) is 0.565. The van der Waals surface area contributed by atoms with E-state index < -0.39 is 0 Å². The lowest BCUT2D eigenvalue weighted by Crippen LogP contribution is -2.47. The van der Waals surface area contributed by atoms with Gasteiger partial charge in [0.25, 0.3) is 5.91 Å². The minimum Gasteiger partial charge on any atom is -0.335 e.